The molecule has 2 rings (SSSR count). The van der Waals surface area contributed by atoms with E-state index in [1.54, 1.807) is 12.1 Å². The van der Waals surface area contributed by atoms with Crippen LogP contribution in [0.3, 0.4) is 0 Å². The number of primary amides is 1. The predicted octanol–water partition coefficient (Wildman–Crippen LogP) is 0.311. The smallest absolute Gasteiger partial charge is 0.248 e. The number of ether oxygens (including phenoxy) is 1. The Morgan fingerprint density at radius 3 is 2.94 bits per heavy atom. The van der Waals surface area contributed by atoms with Gasteiger partial charge in [0.15, 0.2) is 0 Å². The van der Waals surface area contributed by atoms with Crippen molar-refractivity contribution in [2.24, 2.45) is 5.73 Å². The van der Waals surface area contributed by atoms with E-state index in [-0.39, 0.29) is 6.10 Å². The summed E-state index contributed by atoms with van der Waals surface area (Å²) in [7, 11) is 0. The highest BCUT2D eigenvalue weighted by Gasteiger charge is 2.15. The largest absolute Gasteiger partial charge is 0.474 e. The molecule has 86 valence electrons. The highest BCUT2D eigenvalue weighted by atomic mass is 16.5. The Bertz CT molecular complexity index is 375. The van der Waals surface area contributed by atoms with Gasteiger partial charge in [-0.05, 0) is 32.0 Å². The fourth-order valence-corrected chi connectivity index (χ4v) is 1.71. The molecule has 16 heavy (non-hydrogen) atoms. The van der Waals surface area contributed by atoms with Crippen LogP contribution in [-0.4, -0.2) is 30.1 Å². The van der Waals surface area contributed by atoms with E-state index in [1.807, 2.05) is 0 Å². The topological polar surface area (TPSA) is 77.2 Å². The van der Waals surface area contributed by atoms with Gasteiger partial charge in [-0.25, -0.2) is 4.98 Å². The molecule has 1 saturated heterocycles. The van der Waals surface area contributed by atoms with Crippen LogP contribution in [-0.2, 0) is 0 Å². The number of hydrogen-bond donors (Lipinski definition) is 2. The third-order valence-electron chi connectivity index (χ3n) is 2.59. The predicted molar refractivity (Wildman–Crippen MR) is 59.3 cm³/mol. The van der Waals surface area contributed by atoms with Gasteiger partial charge in [0.1, 0.15) is 6.10 Å². The lowest BCUT2D eigenvalue weighted by atomic mass is 10.1. The second-order valence-electron chi connectivity index (χ2n) is 3.81. The molecule has 1 fully saturated rings. The zero-order valence-electron chi connectivity index (χ0n) is 8.98. The number of nitrogens with one attached hydrogen (secondary N) is 1. The van der Waals surface area contributed by atoms with Crippen molar-refractivity contribution in [1.29, 1.82) is 0 Å². The third kappa shape index (κ3) is 2.70. The lowest BCUT2D eigenvalue weighted by Gasteiger charge is -2.23. The van der Waals surface area contributed by atoms with Gasteiger partial charge in [-0.3, -0.25) is 4.79 Å². The summed E-state index contributed by atoms with van der Waals surface area (Å²) in [5.74, 6) is 0.0146. The minimum atomic E-state index is -0.461. The van der Waals surface area contributed by atoms with Gasteiger partial charge in [-0.1, -0.05) is 0 Å². The average molecular weight is 221 g/mol. The van der Waals surface area contributed by atoms with Crippen molar-refractivity contribution in [1.82, 2.24) is 10.3 Å². The Morgan fingerprint density at radius 2 is 2.25 bits per heavy atom. The maximum atomic E-state index is 11.0. The number of amides is 1. The number of piperidine rings is 1. The quantitative estimate of drug-likeness (QED) is 0.770. The number of carbonyl (C=O) groups is 1. The van der Waals surface area contributed by atoms with E-state index in [0.717, 1.165) is 25.9 Å². The Hall–Kier alpha value is -1.62. The molecule has 1 amide bonds. The zero-order chi connectivity index (χ0) is 11.4. The van der Waals surface area contributed by atoms with Crippen LogP contribution in [0.15, 0.2) is 18.3 Å². The van der Waals surface area contributed by atoms with Gasteiger partial charge in [0, 0.05) is 17.8 Å². The summed E-state index contributed by atoms with van der Waals surface area (Å²) in [5.41, 5.74) is 5.61. The summed E-state index contributed by atoms with van der Waals surface area (Å²) in [6.45, 7) is 1.92. The summed E-state index contributed by atoms with van der Waals surface area (Å²) < 4.78 is 5.69. The molecule has 1 aromatic heterocycles. The van der Waals surface area contributed by atoms with E-state index in [1.165, 1.54) is 6.20 Å². The molecule has 0 radical (unpaired) electrons. The normalized spacial score (nSPS) is 17.0. The maximum Gasteiger partial charge on any atom is 0.248 e. The lowest BCUT2D eigenvalue weighted by molar-refractivity contribution is 0.0998. The molecule has 1 aromatic rings. The first kappa shape index (κ1) is 10.9. The average Bonchev–Trinajstić information content (AvgIpc) is 2.30. The van der Waals surface area contributed by atoms with Gasteiger partial charge in [0.2, 0.25) is 11.8 Å². The second-order valence-corrected chi connectivity index (χ2v) is 3.81. The van der Waals surface area contributed by atoms with Crippen molar-refractivity contribution in [3.05, 3.63) is 23.9 Å². The zero-order valence-corrected chi connectivity index (χ0v) is 8.98. The molecular weight excluding hydrogens is 206 g/mol. The van der Waals surface area contributed by atoms with E-state index < -0.39 is 5.91 Å². The highest BCUT2D eigenvalue weighted by Crippen LogP contribution is 2.15. The molecule has 1 aliphatic rings. The summed E-state index contributed by atoms with van der Waals surface area (Å²) >= 11 is 0. The second kappa shape index (κ2) is 4.94. The minimum Gasteiger partial charge on any atom is -0.474 e. The van der Waals surface area contributed by atoms with Crippen LogP contribution in [0.5, 0.6) is 5.88 Å². The molecule has 3 N–H and O–H groups in total. The number of pyridine rings is 1. The molecule has 5 heteroatoms. The number of aromatic nitrogens is 1. The SMILES string of the molecule is NC(=O)c1ccnc(OC2CCNCC2)c1. The highest BCUT2D eigenvalue weighted by molar-refractivity contribution is 5.92. The van der Waals surface area contributed by atoms with Crippen LogP contribution in [0.4, 0.5) is 0 Å². The first-order valence-electron chi connectivity index (χ1n) is 5.39. The number of nitrogens with zero attached hydrogens (tertiary/aromatic N) is 1. The molecule has 2 heterocycles. The van der Waals surface area contributed by atoms with E-state index >= 15 is 0 Å². The van der Waals surface area contributed by atoms with Crippen molar-refractivity contribution >= 4 is 5.91 Å². The minimum absolute atomic E-state index is 0.178. The van der Waals surface area contributed by atoms with Crippen LogP contribution in [0, 0.1) is 0 Å². The van der Waals surface area contributed by atoms with Crippen LogP contribution in [0.2, 0.25) is 0 Å². The lowest BCUT2D eigenvalue weighted by Crippen LogP contribution is -2.34. The first-order valence-corrected chi connectivity index (χ1v) is 5.39. The molecule has 5 nitrogen and oxygen atoms in total. The van der Waals surface area contributed by atoms with Crippen molar-refractivity contribution in [3.8, 4) is 5.88 Å². The molecule has 0 atom stereocenters. The fourth-order valence-electron chi connectivity index (χ4n) is 1.71. The summed E-state index contributed by atoms with van der Waals surface area (Å²) in [4.78, 5) is 15.0. The van der Waals surface area contributed by atoms with E-state index in [4.69, 9.17) is 10.5 Å². The van der Waals surface area contributed by atoms with Crippen molar-refractivity contribution in [3.63, 3.8) is 0 Å². The van der Waals surface area contributed by atoms with Gasteiger partial charge >= 0.3 is 0 Å². The Balaban J connectivity index is 2.02. The van der Waals surface area contributed by atoms with E-state index in [0.29, 0.717) is 11.4 Å². The fraction of sp³-hybridized carbons (Fsp3) is 0.455. The molecular formula is C11H15N3O2. The number of hydrogen-bond acceptors (Lipinski definition) is 4. The van der Waals surface area contributed by atoms with Crippen molar-refractivity contribution < 1.29 is 9.53 Å². The van der Waals surface area contributed by atoms with Crippen molar-refractivity contribution in [2.45, 2.75) is 18.9 Å². The number of rotatable bonds is 3. The van der Waals surface area contributed by atoms with E-state index in [9.17, 15) is 4.79 Å². The Kier molecular flexibility index (Phi) is 3.36. The van der Waals surface area contributed by atoms with Gasteiger partial charge in [0.25, 0.3) is 0 Å². The van der Waals surface area contributed by atoms with E-state index in [2.05, 4.69) is 10.3 Å². The van der Waals surface area contributed by atoms with Crippen LogP contribution in [0.1, 0.15) is 23.2 Å². The summed E-state index contributed by atoms with van der Waals surface area (Å²) in [6, 6.07) is 3.17. The summed E-state index contributed by atoms with van der Waals surface area (Å²) in [6.07, 6.45) is 3.64. The molecule has 0 aromatic carbocycles. The third-order valence-corrected chi connectivity index (χ3v) is 2.59. The number of carbonyl (C=O) groups excluding carboxylic acids is 1. The first-order chi connectivity index (χ1) is 7.75. The molecule has 1 aliphatic heterocycles. The van der Waals surface area contributed by atoms with Crippen LogP contribution >= 0.6 is 0 Å². The van der Waals surface area contributed by atoms with Gasteiger partial charge < -0.3 is 15.8 Å². The van der Waals surface area contributed by atoms with Crippen molar-refractivity contribution in [2.75, 3.05) is 13.1 Å². The molecule has 0 spiro atoms. The molecule has 0 aliphatic carbocycles. The standard InChI is InChI=1S/C11H15N3O2/c12-11(15)8-1-6-14-10(7-8)16-9-2-4-13-5-3-9/h1,6-7,9,13H,2-5H2,(H2,12,15). The van der Waals surface area contributed by atoms with Crippen LogP contribution in [0.25, 0.3) is 0 Å². The van der Waals surface area contributed by atoms with Gasteiger partial charge in [0.05, 0.1) is 0 Å². The monoisotopic (exact) mass is 221 g/mol. The maximum absolute atomic E-state index is 11.0. The molecule has 0 saturated carbocycles. The van der Waals surface area contributed by atoms with Gasteiger partial charge in [-0.15, -0.1) is 0 Å². The molecule has 0 unspecified atom stereocenters. The Labute approximate surface area is 94.0 Å². The Morgan fingerprint density at radius 1 is 1.50 bits per heavy atom. The van der Waals surface area contributed by atoms with Gasteiger partial charge in [-0.2, -0.15) is 0 Å². The number of nitrogens with two attached hydrogens (primary N) is 1. The molecule has 0 bridgehead atoms. The van der Waals surface area contributed by atoms with Crippen LogP contribution < -0.4 is 15.8 Å². The summed E-state index contributed by atoms with van der Waals surface area (Å²) in [5, 5.41) is 3.26.